The minimum Gasteiger partial charge on any atom is -0.383 e. The molecular formula is C16H20N4. The van der Waals surface area contributed by atoms with Crippen LogP contribution in [0.25, 0.3) is 0 Å². The third-order valence-corrected chi connectivity index (χ3v) is 3.59. The number of anilines is 1. The Morgan fingerprint density at radius 2 is 2.20 bits per heavy atom. The summed E-state index contributed by atoms with van der Waals surface area (Å²) in [6, 6.07) is 10.6. The van der Waals surface area contributed by atoms with E-state index in [4.69, 9.17) is 5.73 Å². The second kappa shape index (κ2) is 5.79. The molecule has 0 amide bonds. The molecule has 0 aliphatic rings. The van der Waals surface area contributed by atoms with E-state index in [0.29, 0.717) is 17.8 Å². The second-order valence-corrected chi connectivity index (χ2v) is 5.19. The molecule has 1 heterocycles. The molecule has 0 aliphatic carbocycles. The third kappa shape index (κ3) is 2.67. The Bertz CT molecular complexity index is 649. The summed E-state index contributed by atoms with van der Waals surface area (Å²) in [5, 5.41) is 13.9. The first-order valence-electron chi connectivity index (χ1n) is 6.89. The van der Waals surface area contributed by atoms with Gasteiger partial charge in [0.05, 0.1) is 11.7 Å². The molecule has 2 N–H and O–H groups in total. The number of nitrogens with two attached hydrogens (primary N) is 1. The summed E-state index contributed by atoms with van der Waals surface area (Å²) in [7, 11) is 0. The number of aromatic nitrogens is 2. The lowest BCUT2D eigenvalue weighted by Gasteiger charge is -2.10. The van der Waals surface area contributed by atoms with Gasteiger partial charge in [-0.2, -0.15) is 10.4 Å². The largest absolute Gasteiger partial charge is 0.383 e. The van der Waals surface area contributed by atoms with Crippen LogP contribution in [-0.4, -0.2) is 9.78 Å². The molecule has 0 aliphatic heterocycles. The molecule has 20 heavy (non-hydrogen) atoms. The van der Waals surface area contributed by atoms with Gasteiger partial charge >= 0.3 is 0 Å². The van der Waals surface area contributed by atoms with Crippen LogP contribution in [0.15, 0.2) is 24.3 Å². The van der Waals surface area contributed by atoms with Crippen molar-refractivity contribution in [2.45, 2.75) is 39.7 Å². The standard InChI is InChI=1S/C16H20N4/c1-4-12(3)20-16(18)14(10-17)15(19-20)9-13-7-5-6-11(2)8-13/h5-8,12H,4,9,18H2,1-3H3/t12-/m1/s1. The Morgan fingerprint density at radius 3 is 2.80 bits per heavy atom. The average Bonchev–Trinajstić information content (AvgIpc) is 2.74. The van der Waals surface area contributed by atoms with Crippen LogP contribution in [0.3, 0.4) is 0 Å². The minimum absolute atomic E-state index is 0.202. The lowest BCUT2D eigenvalue weighted by molar-refractivity contribution is 0.481. The Balaban J connectivity index is 2.39. The molecule has 4 heteroatoms. The van der Waals surface area contributed by atoms with Crippen molar-refractivity contribution in [1.82, 2.24) is 9.78 Å². The highest BCUT2D eigenvalue weighted by atomic mass is 15.3. The van der Waals surface area contributed by atoms with Crippen LogP contribution in [0.5, 0.6) is 0 Å². The van der Waals surface area contributed by atoms with Gasteiger partial charge in [0.2, 0.25) is 0 Å². The first kappa shape index (κ1) is 14.1. The Kier molecular flexibility index (Phi) is 4.09. The smallest absolute Gasteiger partial charge is 0.140 e. The molecule has 2 aromatic rings. The molecule has 0 fully saturated rings. The van der Waals surface area contributed by atoms with Crippen molar-refractivity contribution < 1.29 is 0 Å². The number of rotatable bonds is 4. The Labute approximate surface area is 119 Å². The van der Waals surface area contributed by atoms with Crippen LogP contribution >= 0.6 is 0 Å². The van der Waals surface area contributed by atoms with E-state index < -0.39 is 0 Å². The summed E-state index contributed by atoms with van der Waals surface area (Å²) in [5.74, 6) is 0.476. The van der Waals surface area contributed by atoms with Crippen molar-refractivity contribution in [2.24, 2.45) is 0 Å². The van der Waals surface area contributed by atoms with E-state index in [2.05, 4.69) is 44.1 Å². The third-order valence-electron chi connectivity index (χ3n) is 3.59. The zero-order valence-electron chi connectivity index (χ0n) is 12.2. The highest BCUT2D eigenvalue weighted by Crippen LogP contribution is 2.23. The highest BCUT2D eigenvalue weighted by molar-refractivity contribution is 5.53. The van der Waals surface area contributed by atoms with Gasteiger partial charge in [-0.15, -0.1) is 0 Å². The molecule has 0 spiro atoms. The summed E-state index contributed by atoms with van der Waals surface area (Å²) >= 11 is 0. The number of nitrogen functional groups attached to an aromatic ring is 1. The van der Waals surface area contributed by atoms with Gasteiger partial charge in [-0.25, -0.2) is 4.68 Å². The maximum absolute atomic E-state index is 9.32. The van der Waals surface area contributed by atoms with Gasteiger partial charge in [0.1, 0.15) is 17.5 Å². The molecule has 1 aromatic carbocycles. The van der Waals surface area contributed by atoms with Crippen molar-refractivity contribution in [3.63, 3.8) is 0 Å². The van der Waals surface area contributed by atoms with Crippen LogP contribution in [0.1, 0.15) is 48.7 Å². The molecule has 0 unspecified atom stereocenters. The fourth-order valence-electron chi connectivity index (χ4n) is 2.27. The number of benzene rings is 1. The van der Waals surface area contributed by atoms with Gasteiger partial charge in [0.25, 0.3) is 0 Å². The van der Waals surface area contributed by atoms with Gasteiger partial charge in [-0.3, -0.25) is 0 Å². The average molecular weight is 268 g/mol. The van der Waals surface area contributed by atoms with Gasteiger partial charge in [-0.05, 0) is 25.8 Å². The van der Waals surface area contributed by atoms with Crippen LogP contribution < -0.4 is 5.73 Å². The molecule has 0 radical (unpaired) electrons. The van der Waals surface area contributed by atoms with E-state index in [0.717, 1.165) is 17.7 Å². The number of hydrogen-bond donors (Lipinski definition) is 1. The predicted molar refractivity (Wildman–Crippen MR) is 80.3 cm³/mol. The molecule has 104 valence electrons. The molecule has 4 nitrogen and oxygen atoms in total. The Hall–Kier alpha value is -2.28. The Morgan fingerprint density at radius 1 is 1.45 bits per heavy atom. The summed E-state index contributed by atoms with van der Waals surface area (Å²) in [6.07, 6.45) is 1.57. The zero-order valence-corrected chi connectivity index (χ0v) is 12.2. The molecule has 0 saturated heterocycles. The fourth-order valence-corrected chi connectivity index (χ4v) is 2.27. The molecule has 1 atom stereocenters. The first-order valence-corrected chi connectivity index (χ1v) is 6.89. The van der Waals surface area contributed by atoms with E-state index in [1.54, 1.807) is 4.68 Å². The second-order valence-electron chi connectivity index (χ2n) is 5.19. The molecular weight excluding hydrogens is 248 g/mol. The first-order chi connectivity index (χ1) is 9.56. The summed E-state index contributed by atoms with van der Waals surface area (Å²) in [5.41, 5.74) is 9.67. The normalized spacial score (nSPS) is 12.1. The number of nitrogens with zero attached hydrogens (tertiary/aromatic N) is 3. The van der Waals surface area contributed by atoms with Gasteiger partial charge in [0.15, 0.2) is 0 Å². The van der Waals surface area contributed by atoms with Crippen LogP contribution in [0.2, 0.25) is 0 Å². The molecule has 0 saturated carbocycles. The predicted octanol–water partition coefficient (Wildman–Crippen LogP) is 3.21. The summed E-state index contributed by atoms with van der Waals surface area (Å²) in [6.45, 7) is 6.19. The quantitative estimate of drug-likeness (QED) is 0.925. The molecule has 2 rings (SSSR count). The van der Waals surface area contributed by atoms with Gasteiger partial charge in [-0.1, -0.05) is 36.8 Å². The van der Waals surface area contributed by atoms with Crippen molar-refractivity contribution in [3.05, 3.63) is 46.6 Å². The van der Waals surface area contributed by atoms with Crippen molar-refractivity contribution >= 4 is 5.82 Å². The van der Waals surface area contributed by atoms with Gasteiger partial charge in [0, 0.05) is 6.42 Å². The maximum atomic E-state index is 9.32. The number of hydrogen-bond acceptors (Lipinski definition) is 3. The van der Waals surface area contributed by atoms with E-state index >= 15 is 0 Å². The monoisotopic (exact) mass is 268 g/mol. The van der Waals surface area contributed by atoms with Crippen molar-refractivity contribution in [1.29, 1.82) is 5.26 Å². The highest BCUT2D eigenvalue weighted by Gasteiger charge is 2.18. The van der Waals surface area contributed by atoms with E-state index in [9.17, 15) is 5.26 Å². The molecule has 0 bridgehead atoms. The van der Waals surface area contributed by atoms with E-state index in [1.807, 2.05) is 12.1 Å². The lowest BCUT2D eigenvalue weighted by atomic mass is 10.1. The van der Waals surface area contributed by atoms with Crippen LogP contribution in [-0.2, 0) is 6.42 Å². The van der Waals surface area contributed by atoms with Gasteiger partial charge < -0.3 is 5.73 Å². The molecule has 1 aromatic heterocycles. The van der Waals surface area contributed by atoms with Crippen LogP contribution in [0.4, 0.5) is 5.82 Å². The van der Waals surface area contributed by atoms with E-state index in [1.165, 1.54) is 5.56 Å². The van der Waals surface area contributed by atoms with Crippen molar-refractivity contribution in [3.8, 4) is 6.07 Å². The lowest BCUT2D eigenvalue weighted by Crippen LogP contribution is -2.09. The zero-order chi connectivity index (χ0) is 14.7. The fraction of sp³-hybridized carbons (Fsp3) is 0.375. The topological polar surface area (TPSA) is 67.6 Å². The maximum Gasteiger partial charge on any atom is 0.140 e. The summed E-state index contributed by atoms with van der Waals surface area (Å²) < 4.78 is 1.77. The SMILES string of the molecule is CC[C@@H](C)n1nc(Cc2cccc(C)c2)c(C#N)c1N. The summed E-state index contributed by atoms with van der Waals surface area (Å²) in [4.78, 5) is 0. The number of aryl methyl sites for hydroxylation is 1. The van der Waals surface area contributed by atoms with Crippen LogP contribution in [0, 0.1) is 18.3 Å². The minimum atomic E-state index is 0.202. The van der Waals surface area contributed by atoms with Crippen molar-refractivity contribution in [2.75, 3.05) is 5.73 Å². The van der Waals surface area contributed by atoms with E-state index in [-0.39, 0.29) is 6.04 Å². The number of nitriles is 1.